The highest BCUT2D eigenvalue weighted by atomic mass is 16.5. The van der Waals surface area contributed by atoms with Crippen molar-refractivity contribution in [2.24, 2.45) is 4.99 Å². The highest BCUT2D eigenvalue weighted by Gasteiger charge is 2.23. The van der Waals surface area contributed by atoms with Gasteiger partial charge in [-0.05, 0) is 38.0 Å². The maximum Gasteiger partial charge on any atom is 0.121 e. The van der Waals surface area contributed by atoms with Crippen molar-refractivity contribution in [3.63, 3.8) is 0 Å². The van der Waals surface area contributed by atoms with E-state index in [1.165, 1.54) is 22.2 Å². The summed E-state index contributed by atoms with van der Waals surface area (Å²) in [5.74, 6) is 0.877. The third-order valence-corrected chi connectivity index (χ3v) is 3.88. The number of methoxy groups -OCH3 is 1. The van der Waals surface area contributed by atoms with E-state index in [0.29, 0.717) is 0 Å². The van der Waals surface area contributed by atoms with Crippen LogP contribution in [0.15, 0.2) is 34.6 Å². The van der Waals surface area contributed by atoms with Crippen LogP contribution in [0.4, 0.5) is 0 Å². The highest BCUT2D eigenvalue weighted by molar-refractivity contribution is 5.68. The van der Waals surface area contributed by atoms with Crippen molar-refractivity contribution in [2.75, 3.05) is 20.2 Å². The van der Waals surface area contributed by atoms with E-state index in [-0.39, 0.29) is 0 Å². The van der Waals surface area contributed by atoms with Gasteiger partial charge in [-0.15, -0.1) is 0 Å². The standard InChI is InChI=1S/C15H18N2O/c1-4-17-8-7-13-12-6-5-11(18-3)9-14(12)16-15(13)10(17)2/h5-6,9H,4,7-8H2,1-3H3. The number of allylic oxidation sites excluding steroid dienone is 2. The Morgan fingerprint density at radius 2 is 2.22 bits per heavy atom. The number of fused-ring (bicyclic) bond motifs is 2. The zero-order valence-electron chi connectivity index (χ0n) is 11.2. The summed E-state index contributed by atoms with van der Waals surface area (Å²) < 4.78 is 5.27. The van der Waals surface area contributed by atoms with Crippen LogP contribution in [-0.2, 0) is 0 Å². The van der Waals surface area contributed by atoms with Gasteiger partial charge in [0.25, 0.3) is 0 Å². The summed E-state index contributed by atoms with van der Waals surface area (Å²) in [6.07, 6.45) is 1.09. The average Bonchev–Trinajstić information content (AvgIpc) is 2.77. The van der Waals surface area contributed by atoms with Crippen LogP contribution in [0.2, 0.25) is 0 Å². The first kappa shape index (κ1) is 11.3. The summed E-state index contributed by atoms with van der Waals surface area (Å²) >= 11 is 0. The largest absolute Gasteiger partial charge is 0.497 e. The molecule has 2 aliphatic rings. The molecule has 1 aromatic rings. The predicted molar refractivity (Wildman–Crippen MR) is 71.7 cm³/mol. The van der Waals surface area contributed by atoms with Crippen LogP contribution in [0.5, 0.6) is 5.75 Å². The van der Waals surface area contributed by atoms with Gasteiger partial charge in [0.05, 0.1) is 18.2 Å². The van der Waals surface area contributed by atoms with E-state index in [9.17, 15) is 0 Å². The van der Waals surface area contributed by atoms with Crippen LogP contribution in [0.1, 0.15) is 20.3 Å². The minimum atomic E-state index is 0.877. The van der Waals surface area contributed by atoms with Gasteiger partial charge in [-0.1, -0.05) is 0 Å². The van der Waals surface area contributed by atoms with E-state index in [0.717, 1.165) is 30.6 Å². The number of hydrogen-bond donors (Lipinski definition) is 0. The Morgan fingerprint density at radius 3 is 2.94 bits per heavy atom. The molecule has 0 fully saturated rings. The topological polar surface area (TPSA) is 24.8 Å². The zero-order chi connectivity index (χ0) is 12.7. The van der Waals surface area contributed by atoms with Gasteiger partial charge in [0, 0.05) is 30.1 Å². The molecule has 0 saturated heterocycles. The molecule has 0 N–H and O–H groups in total. The molecule has 0 bridgehead atoms. The molecule has 3 nitrogen and oxygen atoms in total. The molecular weight excluding hydrogens is 224 g/mol. The third kappa shape index (κ3) is 1.54. The number of hydrogen-bond acceptors (Lipinski definition) is 3. The SMILES string of the molecule is CCN1CCC2=c3ccc(OC)cc3=NC2=C1C. The smallest absolute Gasteiger partial charge is 0.121 e. The molecule has 0 atom stereocenters. The monoisotopic (exact) mass is 242 g/mol. The lowest BCUT2D eigenvalue weighted by Gasteiger charge is -2.30. The number of nitrogens with zero attached hydrogens (tertiary/aromatic N) is 2. The maximum atomic E-state index is 5.27. The summed E-state index contributed by atoms with van der Waals surface area (Å²) in [4.78, 5) is 7.18. The Kier molecular flexibility index (Phi) is 2.62. The Bertz CT molecular complexity index is 643. The van der Waals surface area contributed by atoms with Crippen molar-refractivity contribution in [3.05, 3.63) is 40.2 Å². The van der Waals surface area contributed by atoms with Crippen LogP contribution in [0.25, 0.3) is 5.57 Å². The van der Waals surface area contributed by atoms with Gasteiger partial charge in [-0.25, -0.2) is 4.99 Å². The fraction of sp³-hybridized carbons (Fsp3) is 0.400. The van der Waals surface area contributed by atoms with Gasteiger partial charge in [-0.2, -0.15) is 0 Å². The fourth-order valence-corrected chi connectivity index (χ4v) is 2.81. The quantitative estimate of drug-likeness (QED) is 0.784. The molecule has 2 heterocycles. The minimum absolute atomic E-state index is 0.877. The van der Waals surface area contributed by atoms with E-state index in [1.807, 2.05) is 12.1 Å². The lowest BCUT2D eigenvalue weighted by molar-refractivity contribution is 0.359. The van der Waals surface area contributed by atoms with Crippen molar-refractivity contribution in [2.45, 2.75) is 20.3 Å². The Labute approximate surface area is 107 Å². The molecule has 0 spiro atoms. The molecule has 1 aromatic carbocycles. The van der Waals surface area contributed by atoms with Crippen molar-refractivity contribution in [1.29, 1.82) is 0 Å². The van der Waals surface area contributed by atoms with Crippen molar-refractivity contribution >= 4 is 5.57 Å². The van der Waals surface area contributed by atoms with Gasteiger partial charge in [-0.3, -0.25) is 0 Å². The lowest BCUT2D eigenvalue weighted by atomic mass is 10.0. The lowest BCUT2D eigenvalue weighted by Crippen LogP contribution is -2.29. The molecule has 0 radical (unpaired) electrons. The van der Waals surface area contributed by atoms with Crippen molar-refractivity contribution in [3.8, 4) is 5.75 Å². The molecule has 0 aliphatic carbocycles. The first-order valence-corrected chi connectivity index (χ1v) is 6.46. The minimum Gasteiger partial charge on any atom is -0.497 e. The maximum absolute atomic E-state index is 5.27. The average molecular weight is 242 g/mol. The van der Waals surface area contributed by atoms with Crippen LogP contribution >= 0.6 is 0 Å². The molecule has 0 aromatic heterocycles. The highest BCUT2D eigenvalue weighted by Crippen LogP contribution is 2.29. The van der Waals surface area contributed by atoms with Gasteiger partial charge in [0.1, 0.15) is 5.75 Å². The molecule has 18 heavy (non-hydrogen) atoms. The third-order valence-electron chi connectivity index (χ3n) is 3.88. The number of ether oxygens (including phenoxy) is 1. The molecular formula is C15H18N2O. The predicted octanol–water partition coefficient (Wildman–Crippen LogP) is 1.44. The molecule has 0 amide bonds. The van der Waals surface area contributed by atoms with E-state index >= 15 is 0 Å². The Hall–Kier alpha value is -1.77. The summed E-state index contributed by atoms with van der Waals surface area (Å²) in [6.45, 7) is 6.52. The Balaban J connectivity index is 2.23. The first-order valence-electron chi connectivity index (χ1n) is 6.46. The van der Waals surface area contributed by atoms with Crippen LogP contribution < -0.4 is 15.3 Å². The summed E-state index contributed by atoms with van der Waals surface area (Å²) in [7, 11) is 1.69. The van der Waals surface area contributed by atoms with E-state index in [2.05, 4.69) is 24.8 Å². The van der Waals surface area contributed by atoms with Gasteiger partial charge < -0.3 is 9.64 Å². The number of rotatable bonds is 2. The molecule has 3 rings (SSSR count). The second kappa shape index (κ2) is 4.16. The van der Waals surface area contributed by atoms with Crippen molar-refractivity contribution < 1.29 is 4.74 Å². The second-order valence-electron chi connectivity index (χ2n) is 4.74. The number of benzene rings is 1. The van der Waals surface area contributed by atoms with Gasteiger partial charge in [0.15, 0.2) is 0 Å². The first-order chi connectivity index (χ1) is 8.74. The van der Waals surface area contributed by atoms with Crippen LogP contribution in [0, 0.1) is 0 Å². The van der Waals surface area contributed by atoms with Crippen molar-refractivity contribution in [1.82, 2.24) is 4.90 Å². The Morgan fingerprint density at radius 1 is 1.39 bits per heavy atom. The van der Waals surface area contributed by atoms with E-state index in [1.54, 1.807) is 7.11 Å². The fourth-order valence-electron chi connectivity index (χ4n) is 2.81. The molecule has 94 valence electrons. The molecule has 2 aliphatic heterocycles. The summed E-state index contributed by atoms with van der Waals surface area (Å²) in [6, 6.07) is 6.18. The van der Waals surface area contributed by atoms with Crippen LogP contribution in [-0.4, -0.2) is 25.1 Å². The normalized spacial score (nSPS) is 17.5. The van der Waals surface area contributed by atoms with Gasteiger partial charge in [0.2, 0.25) is 0 Å². The molecule has 3 heteroatoms. The van der Waals surface area contributed by atoms with E-state index < -0.39 is 0 Å². The zero-order valence-corrected chi connectivity index (χ0v) is 11.2. The van der Waals surface area contributed by atoms with Gasteiger partial charge >= 0.3 is 0 Å². The van der Waals surface area contributed by atoms with Crippen LogP contribution in [0.3, 0.4) is 0 Å². The summed E-state index contributed by atoms with van der Waals surface area (Å²) in [5, 5.41) is 2.33. The second-order valence-corrected chi connectivity index (χ2v) is 4.74. The molecule has 0 unspecified atom stereocenters. The van der Waals surface area contributed by atoms with E-state index in [4.69, 9.17) is 9.73 Å². The molecule has 0 saturated carbocycles. The summed E-state index contributed by atoms with van der Waals surface area (Å²) in [5.41, 5.74) is 3.87.